The third-order valence-corrected chi connectivity index (χ3v) is 4.31. The molecule has 6 heteroatoms. The minimum Gasteiger partial charge on any atom is -0.366 e. The Morgan fingerprint density at radius 3 is 3.00 bits per heavy atom. The van der Waals surface area contributed by atoms with Gasteiger partial charge in [0.1, 0.15) is 18.0 Å². The lowest BCUT2D eigenvalue weighted by atomic mass is 10.2. The summed E-state index contributed by atoms with van der Waals surface area (Å²) in [4.78, 5) is 8.21. The molecule has 94 valence electrons. The highest BCUT2D eigenvalue weighted by Gasteiger charge is 2.27. The average Bonchev–Trinajstić information content (AvgIpc) is 2.78. The number of rotatable bonds is 5. The van der Waals surface area contributed by atoms with Crippen LogP contribution < -0.4 is 16.6 Å². The summed E-state index contributed by atoms with van der Waals surface area (Å²) in [5, 5.41) is 4.18. The highest BCUT2D eigenvalue weighted by atomic mass is 32.2. The lowest BCUT2D eigenvalue weighted by Crippen LogP contribution is -2.26. The van der Waals surface area contributed by atoms with Gasteiger partial charge in [0.15, 0.2) is 0 Å². The van der Waals surface area contributed by atoms with Gasteiger partial charge < -0.3 is 10.7 Å². The minimum absolute atomic E-state index is 0.514. The number of nitrogens with zero attached hydrogens (tertiary/aromatic N) is 2. The Balaban J connectivity index is 1.99. The van der Waals surface area contributed by atoms with Gasteiger partial charge in [0, 0.05) is 17.4 Å². The first-order chi connectivity index (χ1) is 8.33. The maximum absolute atomic E-state index is 5.33. The Kier molecular flexibility index (Phi) is 4.44. The van der Waals surface area contributed by atoms with E-state index in [4.69, 9.17) is 5.84 Å². The van der Waals surface area contributed by atoms with Crippen molar-refractivity contribution in [2.24, 2.45) is 5.84 Å². The van der Waals surface area contributed by atoms with E-state index in [9.17, 15) is 0 Å². The second-order valence-corrected chi connectivity index (χ2v) is 5.62. The molecule has 0 aliphatic heterocycles. The minimum atomic E-state index is 0.514. The van der Waals surface area contributed by atoms with Gasteiger partial charge in [0.05, 0.1) is 0 Å². The van der Waals surface area contributed by atoms with Gasteiger partial charge in [-0.1, -0.05) is 13.3 Å². The highest BCUT2D eigenvalue weighted by Crippen LogP contribution is 2.31. The fourth-order valence-corrected chi connectivity index (χ4v) is 3.41. The molecule has 2 unspecified atom stereocenters. The molecule has 1 saturated carbocycles. The molecule has 2 rings (SSSR count). The molecule has 2 atom stereocenters. The van der Waals surface area contributed by atoms with Gasteiger partial charge in [-0.2, -0.15) is 11.8 Å². The van der Waals surface area contributed by atoms with Crippen molar-refractivity contribution in [1.29, 1.82) is 0 Å². The van der Waals surface area contributed by atoms with Gasteiger partial charge in [-0.05, 0) is 18.6 Å². The van der Waals surface area contributed by atoms with Crippen LogP contribution in [0.4, 0.5) is 11.6 Å². The van der Waals surface area contributed by atoms with Crippen molar-refractivity contribution in [3.63, 3.8) is 0 Å². The van der Waals surface area contributed by atoms with Crippen LogP contribution in [0.25, 0.3) is 0 Å². The predicted octanol–water partition coefficient (Wildman–Crippen LogP) is 1.85. The first kappa shape index (κ1) is 12.4. The second-order valence-electron chi connectivity index (χ2n) is 4.11. The first-order valence-electron chi connectivity index (χ1n) is 6.00. The third kappa shape index (κ3) is 3.23. The van der Waals surface area contributed by atoms with E-state index in [-0.39, 0.29) is 0 Å². The second kappa shape index (κ2) is 6.07. The van der Waals surface area contributed by atoms with Crippen LogP contribution in [0, 0.1) is 0 Å². The zero-order chi connectivity index (χ0) is 12.1. The number of hydrogen-bond acceptors (Lipinski definition) is 6. The summed E-state index contributed by atoms with van der Waals surface area (Å²) in [6, 6.07) is 2.35. The van der Waals surface area contributed by atoms with E-state index in [0.717, 1.165) is 5.82 Å². The van der Waals surface area contributed by atoms with Crippen LogP contribution >= 0.6 is 11.8 Å². The maximum Gasteiger partial charge on any atom is 0.145 e. The Bertz CT molecular complexity index is 359. The van der Waals surface area contributed by atoms with Gasteiger partial charge in [-0.15, -0.1) is 0 Å². The molecule has 0 amide bonds. The van der Waals surface area contributed by atoms with E-state index in [2.05, 4.69) is 27.6 Å². The molecule has 0 radical (unpaired) electrons. The van der Waals surface area contributed by atoms with Crippen LogP contribution in [0.3, 0.4) is 0 Å². The Morgan fingerprint density at radius 1 is 1.41 bits per heavy atom. The van der Waals surface area contributed by atoms with Crippen LogP contribution in [0.1, 0.15) is 26.2 Å². The fraction of sp³-hybridized carbons (Fsp3) is 0.636. The van der Waals surface area contributed by atoms with Crippen molar-refractivity contribution < 1.29 is 0 Å². The molecule has 4 N–H and O–H groups in total. The normalized spacial score (nSPS) is 23.6. The van der Waals surface area contributed by atoms with Gasteiger partial charge in [0.2, 0.25) is 0 Å². The predicted molar refractivity (Wildman–Crippen MR) is 73.0 cm³/mol. The van der Waals surface area contributed by atoms with E-state index < -0.39 is 0 Å². The number of anilines is 2. The SMILES string of the molecule is CCSC1CCCC1Nc1cc(NN)ncn1. The van der Waals surface area contributed by atoms with Crippen molar-refractivity contribution >= 4 is 23.4 Å². The van der Waals surface area contributed by atoms with Crippen LogP contribution in [0.2, 0.25) is 0 Å². The summed E-state index contributed by atoms with van der Waals surface area (Å²) < 4.78 is 0. The molecule has 1 aromatic heterocycles. The molecule has 1 aliphatic rings. The maximum atomic E-state index is 5.33. The lowest BCUT2D eigenvalue weighted by molar-refractivity contribution is 0.762. The number of thioether (sulfide) groups is 1. The van der Waals surface area contributed by atoms with Crippen LogP contribution in [0.5, 0.6) is 0 Å². The number of hydrazine groups is 1. The van der Waals surface area contributed by atoms with Gasteiger partial charge >= 0.3 is 0 Å². The monoisotopic (exact) mass is 253 g/mol. The molecular formula is C11H19N5S. The Labute approximate surface area is 106 Å². The summed E-state index contributed by atoms with van der Waals surface area (Å²) in [7, 11) is 0. The quantitative estimate of drug-likeness (QED) is 0.549. The van der Waals surface area contributed by atoms with Crippen LogP contribution in [-0.4, -0.2) is 27.0 Å². The van der Waals surface area contributed by atoms with Crippen molar-refractivity contribution in [1.82, 2.24) is 9.97 Å². The number of nitrogen functional groups attached to an aromatic ring is 1. The van der Waals surface area contributed by atoms with E-state index >= 15 is 0 Å². The summed E-state index contributed by atoms with van der Waals surface area (Å²) in [6.07, 6.45) is 5.33. The molecule has 0 saturated heterocycles. The molecule has 5 nitrogen and oxygen atoms in total. The summed E-state index contributed by atoms with van der Waals surface area (Å²) in [5.74, 6) is 7.99. The van der Waals surface area contributed by atoms with Gasteiger partial charge in [-0.25, -0.2) is 15.8 Å². The van der Waals surface area contributed by atoms with Crippen molar-refractivity contribution in [3.05, 3.63) is 12.4 Å². The van der Waals surface area contributed by atoms with Gasteiger partial charge in [0.25, 0.3) is 0 Å². The van der Waals surface area contributed by atoms with Crippen LogP contribution in [-0.2, 0) is 0 Å². The standard InChI is InChI=1S/C11H19N5S/c1-2-17-9-5-3-4-8(9)15-10-6-11(16-12)14-7-13-10/h6-9H,2-5,12H2,1H3,(H2,13,14,15,16). The lowest BCUT2D eigenvalue weighted by Gasteiger charge is -2.20. The van der Waals surface area contributed by atoms with Gasteiger partial charge in [-0.3, -0.25) is 0 Å². The summed E-state index contributed by atoms with van der Waals surface area (Å²) >= 11 is 2.03. The molecule has 1 heterocycles. The topological polar surface area (TPSA) is 75.9 Å². The van der Waals surface area contributed by atoms with E-state index in [1.165, 1.54) is 31.3 Å². The number of hydrogen-bond donors (Lipinski definition) is 3. The summed E-state index contributed by atoms with van der Waals surface area (Å²) in [5.41, 5.74) is 2.53. The van der Waals surface area contributed by atoms with Crippen molar-refractivity contribution in [3.8, 4) is 0 Å². The smallest absolute Gasteiger partial charge is 0.145 e. The van der Waals surface area contributed by atoms with E-state index in [0.29, 0.717) is 17.1 Å². The average molecular weight is 253 g/mol. The molecule has 0 aromatic carbocycles. The highest BCUT2D eigenvalue weighted by molar-refractivity contribution is 7.99. The molecule has 0 spiro atoms. The Morgan fingerprint density at radius 2 is 2.24 bits per heavy atom. The number of nitrogens with two attached hydrogens (primary N) is 1. The zero-order valence-corrected chi connectivity index (χ0v) is 10.8. The molecular weight excluding hydrogens is 234 g/mol. The molecule has 1 fully saturated rings. The molecule has 1 aromatic rings. The Hall–Kier alpha value is -1.01. The largest absolute Gasteiger partial charge is 0.366 e. The molecule has 0 bridgehead atoms. The van der Waals surface area contributed by atoms with Crippen LogP contribution in [0.15, 0.2) is 12.4 Å². The van der Waals surface area contributed by atoms with Crippen molar-refractivity contribution in [2.45, 2.75) is 37.5 Å². The molecule has 17 heavy (non-hydrogen) atoms. The van der Waals surface area contributed by atoms with E-state index in [1.807, 2.05) is 17.8 Å². The summed E-state index contributed by atoms with van der Waals surface area (Å²) in [6.45, 7) is 2.21. The fourth-order valence-electron chi connectivity index (χ4n) is 2.21. The number of nitrogens with one attached hydrogen (secondary N) is 2. The molecule has 1 aliphatic carbocycles. The first-order valence-corrected chi connectivity index (χ1v) is 7.05. The zero-order valence-electron chi connectivity index (χ0n) is 10.0. The van der Waals surface area contributed by atoms with E-state index in [1.54, 1.807) is 0 Å². The van der Waals surface area contributed by atoms with Crippen molar-refractivity contribution in [2.75, 3.05) is 16.5 Å². The number of aromatic nitrogens is 2. The third-order valence-electron chi connectivity index (χ3n) is 2.98.